The number of fused-ring (bicyclic) bond motifs is 1. The molecule has 1 fully saturated rings. The summed E-state index contributed by atoms with van der Waals surface area (Å²) in [6.07, 6.45) is 6.10. The maximum atomic E-state index is 12.7. The standard InChI is InChI=1S/C18H22N4O/c1-21-12-14(11-13-5-2-3-8-16(13)21)20-18(23)17-9-10-19-22(17)15-6-4-7-15/h2-3,5,8-10,14-15H,4,6-7,11-12H2,1H3,(H,20,23). The fraction of sp³-hybridized carbons (Fsp3) is 0.444. The predicted octanol–water partition coefficient (Wildman–Crippen LogP) is 2.40. The molecule has 23 heavy (non-hydrogen) atoms. The first-order chi connectivity index (χ1) is 11.2. The Bertz CT molecular complexity index is 719. The lowest BCUT2D eigenvalue weighted by atomic mass is 9.93. The van der Waals surface area contributed by atoms with E-state index >= 15 is 0 Å². The number of carbonyl (C=O) groups excluding carboxylic acids is 1. The summed E-state index contributed by atoms with van der Waals surface area (Å²) in [7, 11) is 2.08. The number of hydrogen-bond donors (Lipinski definition) is 1. The molecule has 1 aromatic carbocycles. The van der Waals surface area contributed by atoms with Crippen LogP contribution in [0.5, 0.6) is 0 Å². The van der Waals surface area contributed by atoms with E-state index in [-0.39, 0.29) is 11.9 Å². The molecule has 2 aromatic rings. The van der Waals surface area contributed by atoms with Crippen molar-refractivity contribution in [2.75, 3.05) is 18.5 Å². The van der Waals surface area contributed by atoms with Gasteiger partial charge in [0.25, 0.3) is 5.91 Å². The Kier molecular flexibility index (Phi) is 3.56. The van der Waals surface area contributed by atoms with Crippen molar-refractivity contribution in [3.05, 3.63) is 47.8 Å². The van der Waals surface area contributed by atoms with Crippen LogP contribution >= 0.6 is 0 Å². The number of hydrogen-bond acceptors (Lipinski definition) is 3. The highest BCUT2D eigenvalue weighted by atomic mass is 16.2. The van der Waals surface area contributed by atoms with E-state index in [0.29, 0.717) is 11.7 Å². The number of likely N-dealkylation sites (N-methyl/N-ethyl adjacent to an activating group) is 1. The summed E-state index contributed by atoms with van der Waals surface area (Å²) in [5.74, 6) is -0.00724. The minimum absolute atomic E-state index is 0.00724. The lowest BCUT2D eigenvalue weighted by molar-refractivity contribution is 0.0918. The first kappa shape index (κ1) is 14.3. The van der Waals surface area contributed by atoms with Crippen molar-refractivity contribution in [3.63, 3.8) is 0 Å². The average Bonchev–Trinajstić information content (AvgIpc) is 2.94. The lowest BCUT2D eigenvalue weighted by Gasteiger charge is -2.34. The molecule has 1 saturated carbocycles. The highest BCUT2D eigenvalue weighted by Crippen LogP contribution is 2.32. The Labute approximate surface area is 136 Å². The van der Waals surface area contributed by atoms with Crippen LogP contribution in [0.1, 0.15) is 41.4 Å². The van der Waals surface area contributed by atoms with Crippen LogP contribution in [0.15, 0.2) is 36.5 Å². The molecule has 0 spiro atoms. The van der Waals surface area contributed by atoms with Crippen molar-refractivity contribution in [2.24, 2.45) is 0 Å². The third-order valence-corrected chi connectivity index (χ3v) is 5.02. The van der Waals surface area contributed by atoms with Crippen LogP contribution in [0, 0.1) is 0 Å². The summed E-state index contributed by atoms with van der Waals surface area (Å²) in [6.45, 7) is 0.834. The topological polar surface area (TPSA) is 50.2 Å². The summed E-state index contributed by atoms with van der Waals surface area (Å²) in [5.41, 5.74) is 3.24. The third kappa shape index (κ3) is 2.60. The van der Waals surface area contributed by atoms with E-state index in [0.717, 1.165) is 25.8 Å². The fourth-order valence-electron chi connectivity index (χ4n) is 3.59. The van der Waals surface area contributed by atoms with Crippen molar-refractivity contribution in [3.8, 4) is 0 Å². The third-order valence-electron chi connectivity index (χ3n) is 5.02. The number of aromatic nitrogens is 2. The molecule has 2 aliphatic rings. The molecule has 0 saturated heterocycles. The van der Waals surface area contributed by atoms with Gasteiger partial charge in [-0.15, -0.1) is 0 Å². The summed E-state index contributed by atoms with van der Waals surface area (Å²) >= 11 is 0. The monoisotopic (exact) mass is 310 g/mol. The van der Waals surface area contributed by atoms with Crippen LogP contribution < -0.4 is 10.2 Å². The fourth-order valence-corrected chi connectivity index (χ4v) is 3.59. The van der Waals surface area contributed by atoms with E-state index in [1.54, 1.807) is 6.20 Å². The molecule has 1 unspecified atom stereocenters. The predicted molar refractivity (Wildman–Crippen MR) is 89.8 cm³/mol. The summed E-state index contributed by atoms with van der Waals surface area (Å²) in [5, 5.41) is 7.54. The Balaban J connectivity index is 1.49. The second-order valence-electron chi connectivity index (χ2n) is 6.63. The number of amides is 1. The maximum Gasteiger partial charge on any atom is 0.269 e. The first-order valence-corrected chi connectivity index (χ1v) is 8.36. The van der Waals surface area contributed by atoms with Crippen molar-refractivity contribution >= 4 is 11.6 Å². The SMILES string of the molecule is CN1CC(NC(=O)c2ccnn2C2CCC2)Cc2ccccc21. The number of anilines is 1. The zero-order valence-corrected chi connectivity index (χ0v) is 13.4. The van der Waals surface area contributed by atoms with Crippen molar-refractivity contribution in [2.45, 2.75) is 37.8 Å². The van der Waals surface area contributed by atoms with E-state index in [2.05, 4.69) is 46.6 Å². The second-order valence-corrected chi connectivity index (χ2v) is 6.63. The van der Waals surface area contributed by atoms with Gasteiger partial charge in [-0.05, 0) is 43.4 Å². The van der Waals surface area contributed by atoms with E-state index in [1.807, 2.05) is 10.7 Å². The largest absolute Gasteiger partial charge is 0.372 e. The molecule has 1 N–H and O–H groups in total. The zero-order valence-electron chi connectivity index (χ0n) is 13.4. The van der Waals surface area contributed by atoms with Crippen LogP contribution in [0.25, 0.3) is 0 Å². The molecule has 1 amide bonds. The minimum atomic E-state index is -0.00724. The molecule has 1 aliphatic heterocycles. The van der Waals surface area contributed by atoms with Crippen molar-refractivity contribution in [1.29, 1.82) is 0 Å². The highest BCUT2D eigenvalue weighted by Gasteiger charge is 2.27. The van der Waals surface area contributed by atoms with Crippen LogP contribution in [-0.2, 0) is 6.42 Å². The highest BCUT2D eigenvalue weighted by molar-refractivity contribution is 5.92. The minimum Gasteiger partial charge on any atom is -0.372 e. The van der Waals surface area contributed by atoms with Gasteiger partial charge in [0.2, 0.25) is 0 Å². The van der Waals surface area contributed by atoms with Gasteiger partial charge in [0.15, 0.2) is 0 Å². The molecular weight excluding hydrogens is 288 g/mol. The van der Waals surface area contributed by atoms with Gasteiger partial charge in [-0.2, -0.15) is 5.10 Å². The second kappa shape index (κ2) is 5.72. The van der Waals surface area contributed by atoms with E-state index < -0.39 is 0 Å². The molecular formula is C18H22N4O. The Morgan fingerprint density at radius 3 is 2.87 bits per heavy atom. The van der Waals surface area contributed by atoms with E-state index in [1.165, 1.54) is 17.7 Å². The number of carbonyl (C=O) groups is 1. The van der Waals surface area contributed by atoms with Crippen molar-refractivity contribution < 1.29 is 4.79 Å². The quantitative estimate of drug-likeness (QED) is 0.947. The van der Waals surface area contributed by atoms with Gasteiger partial charge in [-0.3, -0.25) is 9.48 Å². The zero-order chi connectivity index (χ0) is 15.8. The number of para-hydroxylation sites is 1. The van der Waals surface area contributed by atoms with Crippen molar-refractivity contribution in [1.82, 2.24) is 15.1 Å². The van der Waals surface area contributed by atoms with Gasteiger partial charge in [0, 0.05) is 25.5 Å². The molecule has 1 aliphatic carbocycles. The van der Waals surface area contributed by atoms with Gasteiger partial charge in [-0.25, -0.2) is 0 Å². The van der Waals surface area contributed by atoms with Crippen LogP contribution in [0.4, 0.5) is 5.69 Å². The summed E-state index contributed by atoms with van der Waals surface area (Å²) < 4.78 is 1.90. The van der Waals surface area contributed by atoms with Crippen LogP contribution in [0.3, 0.4) is 0 Å². The van der Waals surface area contributed by atoms with E-state index in [4.69, 9.17) is 0 Å². The summed E-state index contributed by atoms with van der Waals surface area (Å²) in [6, 6.07) is 10.8. The number of nitrogens with one attached hydrogen (secondary N) is 1. The maximum absolute atomic E-state index is 12.7. The molecule has 5 heteroatoms. The summed E-state index contributed by atoms with van der Waals surface area (Å²) in [4.78, 5) is 14.9. The molecule has 120 valence electrons. The van der Waals surface area contributed by atoms with Gasteiger partial charge in [0.05, 0.1) is 12.1 Å². The first-order valence-electron chi connectivity index (χ1n) is 8.36. The Morgan fingerprint density at radius 2 is 2.09 bits per heavy atom. The lowest BCUT2D eigenvalue weighted by Crippen LogP contribution is -2.47. The smallest absolute Gasteiger partial charge is 0.269 e. The van der Waals surface area contributed by atoms with Gasteiger partial charge in [-0.1, -0.05) is 18.2 Å². The van der Waals surface area contributed by atoms with Crippen LogP contribution in [0.2, 0.25) is 0 Å². The Morgan fingerprint density at radius 1 is 1.26 bits per heavy atom. The molecule has 1 aromatic heterocycles. The van der Waals surface area contributed by atoms with Gasteiger partial charge in [0.1, 0.15) is 5.69 Å². The normalized spacial score (nSPS) is 20.7. The van der Waals surface area contributed by atoms with Gasteiger partial charge >= 0.3 is 0 Å². The van der Waals surface area contributed by atoms with Crippen LogP contribution in [-0.4, -0.2) is 35.3 Å². The number of rotatable bonds is 3. The van der Waals surface area contributed by atoms with E-state index in [9.17, 15) is 4.79 Å². The molecule has 2 heterocycles. The molecule has 5 nitrogen and oxygen atoms in total. The molecule has 1 atom stereocenters. The Hall–Kier alpha value is -2.30. The number of nitrogens with zero attached hydrogens (tertiary/aromatic N) is 3. The molecule has 0 radical (unpaired) electrons. The molecule has 0 bridgehead atoms. The number of benzene rings is 1. The molecule has 4 rings (SSSR count). The average molecular weight is 310 g/mol. The van der Waals surface area contributed by atoms with Gasteiger partial charge < -0.3 is 10.2 Å².